The Bertz CT molecular complexity index is 450. The third-order valence-corrected chi connectivity index (χ3v) is 2.93. The Labute approximate surface area is 112 Å². The maximum absolute atomic E-state index is 13.0. The number of carbonyl (C=O) groups is 1. The molecule has 0 aliphatic heterocycles. The van der Waals surface area contributed by atoms with Gasteiger partial charge >= 0.3 is 5.97 Å². The van der Waals surface area contributed by atoms with E-state index in [0.29, 0.717) is 17.9 Å². The molecule has 0 saturated carbocycles. The van der Waals surface area contributed by atoms with Crippen molar-refractivity contribution in [3.63, 3.8) is 0 Å². The van der Waals surface area contributed by atoms with Gasteiger partial charge in [-0.1, -0.05) is 0 Å². The zero-order valence-electron chi connectivity index (χ0n) is 11.7. The van der Waals surface area contributed by atoms with Crippen LogP contribution in [0.15, 0.2) is 18.2 Å². The SMILES string of the molecule is CCOC(=O)C(C)(COc1ccc(F)cc1C)NC. The highest BCUT2D eigenvalue weighted by molar-refractivity contribution is 5.80. The Morgan fingerprint density at radius 2 is 2.16 bits per heavy atom. The van der Waals surface area contributed by atoms with Crippen molar-refractivity contribution in [2.45, 2.75) is 26.3 Å². The monoisotopic (exact) mass is 269 g/mol. The summed E-state index contributed by atoms with van der Waals surface area (Å²) in [5, 5.41) is 2.89. The molecule has 1 unspecified atom stereocenters. The molecule has 4 nitrogen and oxygen atoms in total. The maximum atomic E-state index is 13.0. The number of carbonyl (C=O) groups excluding carboxylic acids is 1. The number of rotatable bonds is 6. The molecule has 1 aromatic carbocycles. The lowest BCUT2D eigenvalue weighted by atomic mass is 10.0. The van der Waals surface area contributed by atoms with Crippen LogP contribution in [0, 0.1) is 12.7 Å². The highest BCUT2D eigenvalue weighted by atomic mass is 19.1. The molecule has 19 heavy (non-hydrogen) atoms. The number of halogens is 1. The molecule has 0 heterocycles. The summed E-state index contributed by atoms with van der Waals surface area (Å²) in [6.07, 6.45) is 0. The lowest BCUT2D eigenvalue weighted by Gasteiger charge is -2.26. The van der Waals surface area contributed by atoms with E-state index < -0.39 is 5.54 Å². The van der Waals surface area contributed by atoms with Gasteiger partial charge < -0.3 is 14.8 Å². The van der Waals surface area contributed by atoms with Gasteiger partial charge in [-0.3, -0.25) is 0 Å². The molecule has 1 aromatic rings. The van der Waals surface area contributed by atoms with Crippen LogP contribution in [-0.2, 0) is 9.53 Å². The minimum Gasteiger partial charge on any atom is -0.491 e. The van der Waals surface area contributed by atoms with Crippen LogP contribution >= 0.6 is 0 Å². The van der Waals surface area contributed by atoms with Crippen LogP contribution in [0.25, 0.3) is 0 Å². The summed E-state index contributed by atoms with van der Waals surface area (Å²) in [4.78, 5) is 11.8. The van der Waals surface area contributed by atoms with E-state index in [-0.39, 0.29) is 18.4 Å². The van der Waals surface area contributed by atoms with Crippen molar-refractivity contribution >= 4 is 5.97 Å². The van der Waals surface area contributed by atoms with Crippen molar-refractivity contribution in [1.29, 1.82) is 0 Å². The molecule has 0 bridgehead atoms. The van der Waals surface area contributed by atoms with Gasteiger partial charge in [0.15, 0.2) is 0 Å². The molecule has 0 amide bonds. The van der Waals surface area contributed by atoms with Gasteiger partial charge in [0.2, 0.25) is 0 Å². The van der Waals surface area contributed by atoms with Crippen LogP contribution in [0.4, 0.5) is 4.39 Å². The molecule has 1 atom stereocenters. The summed E-state index contributed by atoms with van der Waals surface area (Å²) >= 11 is 0. The van der Waals surface area contributed by atoms with E-state index in [2.05, 4.69) is 5.32 Å². The van der Waals surface area contributed by atoms with Gasteiger partial charge in [-0.15, -0.1) is 0 Å². The highest BCUT2D eigenvalue weighted by Crippen LogP contribution is 2.20. The molecule has 5 heteroatoms. The first-order chi connectivity index (χ1) is 8.92. The molecule has 0 saturated heterocycles. The van der Waals surface area contributed by atoms with E-state index in [4.69, 9.17) is 9.47 Å². The number of likely N-dealkylation sites (N-methyl/N-ethyl adjacent to an activating group) is 1. The van der Waals surface area contributed by atoms with Crippen LogP contribution in [-0.4, -0.2) is 31.8 Å². The molecule has 0 spiro atoms. The van der Waals surface area contributed by atoms with E-state index in [1.165, 1.54) is 12.1 Å². The van der Waals surface area contributed by atoms with Crippen LogP contribution in [0.1, 0.15) is 19.4 Å². The van der Waals surface area contributed by atoms with Crippen LogP contribution in [0.3, 0.4) is 0 Å². The number of benzene rings is 1. The minimum atomic E-state index is -0.934. The fourth-order valence-corrected chi connectivity index (χ4v) is 1.52. The van der Waals surface area contributed by atoms with Gasteiger partial charge in [-0.25, -0.2) is 9.18 Å². The molecular formula is C14H20FNO3. The molecule has 1 N–H and O–H groups in total. The fourth-order valence-electron chi connectivity index (χ4n) is 1.52. The summed E-state index contributed by atoms with van der Waals surface area (Å²) in [5.74, 6) is -0.143. The molecule has 0 radical (unpaired) electrons. The predicted molar refractivity (Wildman–Crippen MR) is 70.7 cm³/mol. The number of esters is 1. The second-order valence-electron chi connectivity index (χ2n) is 4.50. The Kier molecular flexibility index (Phi) is 5.30. The average Bonchev–Trinajstić information content (AvgIpc) is 2.37. The van der Waals surface area contributed by atoms with Crippen molar-refractivity contribution in [2.24, 2.45) is 0 Å². The number of ether oxygens (including phenoxy) is 2. The molecule has 0 aromatic heterocycles. The zero-order chi connectivity index (χ0) is 14.5. The first-order valence-corrected chi connectivity index (χ1v) is 6.18. The number of hydrogen-bond acceptors (Lipinski definition) is 4. The standard InChI is InChI=1S/C14H20FNO3/c1-5-18-13(17)14(3,16-4)9-19-12-7-6-11(15)8-10(12)2/h6-8,16H,5,9H2,1-4H3. The quantitative estimate of drug-likeness (QED) is 0.803. The number of aryl methyl sites for hydroxylation is 1. The summed E-state index contributed by atoms with van der Waals surface area (Å²) < 4.78 is 23.6. The van der Waals surface area contributed by atoms with Crippen molar-refractivity contribution in [2.75, 3.05) is 20.3 Å². The number of hydrogen-bond donors (Lipinski definition) is 1. The second kappa shape index (κ2) is 6.52. The Balaban J connectivity index is 2.74. The Morgan fingerprint density at radius 1 is 1.47 bits per heavy atom. The zero-order valence-corrected chi connectivity index (χ0v) is 11.7. The average molecular weight is 269 g/mol. The topological polar surface area (TPSA) is 47.6 Å². The first kappa shape index (κ1) is 15.4. The lowest BCUT2D eigenvalue weighted by molar-refractivity contribution is -0.151. The van der Waals surface area contributed by atoms with E-state index in [1.807, 2.05) is 0 Å². The largest absolute Gasteiger partial charge is 0.491 e. The lowest BCUT2D eigenvalue weighted by Crippen LogP contribution is -2.53. The normalized spacial score (nSPS) is 13.7. The molecule has 0 aliphatic carbocycles. The van der Waals surface area contributed by atoms with Crippen LogP contribution in [0.5, 0.6) is 5.75 Å². The molecular weight excluding hydrogens is 249 g/mol. The summed E-state index contributed by atoms with van der Waals surface area (Å²) in [7, 11) is 1.66. The van der Waals surface area contributed by atoms with Crippen molar-refractivity contribution in [1.82, 2.24) is 5.32 Å². The third-order valence-electron chi connectivity index (χ3n) is 2.93. The maximum Gasteiger partial charge on any atom is 0.329 e. The van der Waals surface area contributed by atoms with E-state index in [9.17, 15) is 9.18 Å². The highest BCUT2D eigenvalue weighted by Gasteiger charge is 2.34. The van der Waals surface area contributed by atoms with Gasteiger partial charge in [0.1, 0.15) is 23.7 Å². The molecule has 1 rings (SSSR count). The molecule has 0 fully saturated rings. The third kappa shape index (κ3) is 3.92. The molecule has 0 aliphatic rings. The van der Waals surface area contributed by atoms with Gasteiger partial charge in [0.05, 0.1) is 6.61 Å². The Hall–Kier alpha value is -1.62. The van der Waals surface area contributed by atoms with Crippen molar-refractivity contribution < 1.29 is 18.7 Å². The first-order valence-electron chi connectivity index (χ1n) is 6.18. The summed E-state index contributed by atoms with van der Waals surface area (Å²) in [5.41, 5.74) is -0.251. The van der Waals surface area contributed by atoms with Crippen LogP contribution < -0.4 is 10.1 Å². The van der Waals surface area contributed by atoms with E-state index in [1.54, 1.807) is 33.9 Å². The van der Waals surface area contributed by atoms with E-state index >= 15 is 0 Å². The summed E-state index contributed by atoms with van der Waals surface area (Å²) in [6, 6.07) is 4.26. The summed E-state index contributed by atoms with van der Waals surface area (Å²) in [6.45, 7) is 5.61. The second-order valence-corrected chi connectivity index (χ2v) is 4.50. The van der Waals surface area contributed by atoms with Gasteiger partial charge in [-0.05, 0) is 51.6 Å². The van der Waals surface area contributed by atoms with Crippen LogP contribution in [0.2, 0.25) is 0 Å². The van der Waals surface area contributed by atoms with Gasteiger partial charge in [-0.2, -0.15) is 0 Å². The van der Waals surface area contributed by atoms with Crippen molar-refractivity contribution in [3.05, 3.63) is 29.6 Å². The number of nitrogens with one attached hydrogen (secondary N) is 1. The Morgan fingerprint density at radius 3 is 2.68 bits per heavy atom. The van der Waals surface area contributed by atoms with Crippen molar-refractivity contribution in [3.8, 4) is 5.75 Å². The van der Waals surface area contributed by atoms with Gasteiger partial charge in [0, 0.05) is 0 Å². The van der Waals surface area contributed by atoms with Gasteiger partial charge in [0.25, 0.3) is 0 Å². The smallest absolute Gasteiger partial charge is 0.329 e. The fraction of sp³-hybridized carbons (Fsp3) is 0.500. The molecule has 106 valence electrons. The minimum absolute atomic E-state index is 0.106. The van der Waals surface area contributed by atoms with E-state index in [0.717, 1.165) is 0 Å². The predicted octanol–water partition coefficient (Wildman–Crippen LogP) is 2.05.